The Morgan fingerprint density at radius 2 is 1.18 bits per heavy atom. The summed E-state index contributed by atoms with van der Waals surface area (Å²) < 4.78 is -2.01. The molecule has 1 aliphatic rings. The summed E-state index contributed by atoms with van der Waals surface area (Å²) >= 11 is 23.7. The quantitative estimate of drug-likeness (QED) is 0.603. The Balaban J connectivity index is 2.96. The molecule has 0 saturated heterocycles. The first-order chi connectivity index (χ1) is 4.69. The van der Waals surface area contributed by atoms with Gasteiger partial charge in [-0.05, 0) is 5.92 Å². The molecule has 1 rings (SSSR count). The molecule has 4 heteroatoms. The van der Waals surface area contributed by atoms with Gasteiger partial charge in [0.2, 0.25) is 0 Å². The number of hydrogen-bond donors (Lipinski definition) is 0. The smallest absolute Gasteiger partial charge is 0.0975 e. The summed E-state index contributed by atoms with van der Waals surface area (Å²) in [6, 6.07) is 0. The minimum Gasteiger partial charge on any atom is -0.0975 e. The first-order valence-corrected chi connectivity index (χ1v) is 4.96. The Morgan fingerprint density at radius 1 is 0.909 bits per heavy atom. The lowest BCUT2D eigenvalue weighted by molar-refractivity contribution is 0.386. The van der Waals surface area contributed by atoms with Gasteiger partial charge in [-0.3, -0.25) is 0 Å². The molecule has 66 valence electrons. The molecule has 1 fully saturated rings. The van der Waals surface area contributed by atoms with Crippen molar-refractivity contribution >= 4 is 46.4 Å². The topological polar surface area (TPSA) is 0 Å². The van der Waals surface area contributed by atoms with Gasteiger partial charge in [0.1, 0.15) is 0 Å². The highest BCUT2D eigenvalue weighted by Gasteiger charge is 2.85. The maximum Gasteiger partial charge on any atom is 0.160 e. The lowest BCUT2D eigenvalue weighted by atomic mass is 9.95. The molecule has 0 N–H and O–H groups in total. The summed E-state index contributed by atoms with van der Waals surface area (Å²) in [5.41, 5.74) is -0.397. The van der Waals surface area contributed by atoms with E-state index in [1.807, 2.05) is 20.8 Å². The van der Waals surface area contributed by atoms with E-state index >= 15 is 0 Å². The molecule has 0 atom stereocenters. The molecule has 1 aliphatic carbocycles. The summed E-state index contributed by atoms with van der Waals surface area (Å²) in [5, 5.41) is 0. The Hall–Kier alpha value is 1.16. The van der Waals surface area contributed by atoms with Gasteiger partial charge in [-0.1, -0.05) is 67.2 Å². The number of rotatable bonds is 1. The lowest BCUT2D eigenvalue weighted by Gasteiger charge is -2.15. The van der Waals surface area contributed by atoms with Crippen LogP contribution in [0.5, 0.6) is 0 Å². The van der Waals surface area contributed by atoms with Crippen molar-refractivity contribution in [2.75, 3.05) is 0 Å². The van der Waals surface area contributed by atoms with Crippen LogP contribution < -0.4 is 0 Å². The van der Waals surface area contributed by atoms with Gasteiger partial charge in [0.25, 0.3) is 0 Å². The van der Waals surface area contributed by atoms with Crippen LogP contribution in [-0.4, -0.2) is 8.67 Å². The van der Waals surface area contributed by atoms with Gasteiger partial charge in [-0.15, -0.1) is 0 Å². The van der Waals surface area contributed by atoms with E-state index in [1.54, 1.807) is 0 Å². The van der Waals surface area contributed by atoms with Crippen LogP contribution in [0.4, 0.5) is 0 Å². The molecule has 0 amide bonds. The lowest BCUT2D eigenvalue weighted by Crippen LogP contribution is -2.13. The van der Waals surface area contributed by atoms with Gasteiger partial charge < -0.3 is 0 Å². The van der Waals surface area contributed by atoms with Gasteiger partial charge in [-0.25, -0.2) is 0 Å². The maximum atomic E-state index is 5.94. The average molecular weight is 236 g/mol. The molecule has 0 radical (unpaired) electrons. The predicted molar refractivity (Wildman–Crippen MR) is 51.8 cm³/mol. The zero-order chi connectivity index (χ0) is 9.08. The highest BCUT2D eigenvalue weighted by molar-refractivity contribution is 6.69. The van der Waals surface area contributed by atoms with E-state index in [4.69, 9.17) is 46.4 Å². The molecule has 0 bridgehead atoms. The second-order valence-electron chi connectivity index (χ2n) is 3.51. The molecule has 0 aromatic carbocycles. The molecule has 0 aliphatic heterocycles. The van der Waals surface area contributed by atoms with Crippen LogP contribution >= 0.6 is 46.4 Å². The minimum absolute atomic E-state index is 0.271. The largest absolute Gasteiger partial charge is 0.160 e. The maximum absolute atomic E-state index is 5.94. The molecule has 0 aromatic heterocycles. The van der Waals surface area contributed by atoms with Crippen LogP contribution in [0.3, 0.4) is 0 Å². The van der Waals surface area contributed by atoms with Crippen molar-refractivity contribution in [2.45, 2.75) is 29.4 Å². The summed E-state index contributed by atoms with van der Waals surface area (Å²) in [4.78, 5) is 0. The third-order valence-corrected chi connectivity index (χ3v) is 5.88. The first-order valence-electron chi connectivity index (χ1n) is 3.45. The Kier molecular flexibility index (Phi) is 2.18. The minimum atomic E-state index is -1.00. The molecule has 11 heavy (non-hydrogen) atoms. The van der Waals surface area contributed by atoms with Gasteiger partial charge >= 0.3 is 0 Å². The fourth-order valence-corrected chi connectivity index (χ4v) is 3.52. The van der Waals surface area contributed by atoms with Gasteiger partial charge in [0, 0.05) is 5.41 Å². The van der Waals surface area contributed by atoms with Crippen molar-refractivity contribution in [1.82, 2.24) is 0 Å². The molecule has 0 aromatic rings. The predicted octanol–water partition coefficient (Wildman–Crippen LogP) is 4.01. The highest BCUT2D eigenvalue weighted by atomic mass is 35.5. The molecule has 0 nitrogen and oxygen atoms in total. The summed E-state index contributed by atoms with van der Waals surface area (Å²) in [6.45, 7) is 5.91. The Bertz CT molecular complexity index is 169. The van der Waals surface area contributed by atoms with Crippen LogP contribution in [0.1, 0.15) is 20.8 Å². The summed E-state index contributed by atoms with van der Waals surface area (Å²) in [6.07, 6.45) is 0. The second-order valence-corrected chi connectivity index (χ2v) is 6.16. The van der Waals surface area contributed by atoms with E-state index < -0.39 is 14.1 Å². The fraction of sp³-hybridized carbons (Fsp3) is 1.00. The van der Waals surface area contributed by atoms with E-state index in [0.717, 1.165) is 0 Å². The molecular weight excluding hydrogens is 226 g/mol. The van der Waals surface area contributed by atoms with E-state index in [2.05, 4.69) is 0 Å². The fourth-order valence-electron chi connectivity index (χ4n) is 1.29. The van der Waals surface area contributed by atoms with Crippen LogP contribution in [0.15, 0.2) is 0 Å². The zero-order valence-corrected chi connectivity index (χ0v) is 9.61. The Labute approximate surface area is 87.1 Å². The SMILES string of the molecule is CC(C)C1(C)C(Cl)(Cl)C1(Cl)Cl. The monoisotopic (exact) mass is 234 g/mol. The number of hydrogen-bond acceptors (Lipinski definition) is 0. The van der Waals surface area contributed by atoms with Crippen LogP contribution in [0.25, 0.3) is 0 Å². The van der Waals surface area contributed by atoms with Gasteiger partial charge in [0.05, 0.1) is 0 Å². The standard InChI is InChI=1S/C7H10Cl4/c1-4(2)5(3)6(8,9)7(5,10)11/h4H,1-3H3. The second kappa shape index (κ2) is 2.35. The third-order valence-electron chi connectivity index (χ3n) is 2.79. The summed E-state index contributed by atoms with van der Waals surface area (Å²) in [7, 11) is 0. The number of halogens is 4. The highest BCUT2D eigenvalue weighted by Crippen LogP contribution is 2.79. The third kappa shape index (κ3) is 0.905. The molecular formula is C7H10Cl4. The zero-order valence-electron chi connectivity index (χ0n) is 6.59. The number of alkyl halides is 4. The summed E-state index contributed by atoms with van der Waals surface area (Å²) in [5.74, 6) is 0.271. The van der Waals surface area contributed by atoms with Crippen molar-refractivity contribution in [1.29, 1.82) is 0 Å². The molecule has 0 heterocycles. The van der Waals surface area contributed by atoms with Crippen molar-refractivity contribution in [3.8, 4) is 0 Å². The van der Waals surface area contributed by atoms with E-state index in [1.165, 1.54) is 0 Å². The first kappa shape index (κ1) is 10.2. The average Bonchev–Trinajstić information content (AvgIpc) is 2.11. The molecule has 1 saturated carbocycles. The van der Waals surface area contributed by atoms with Crippen LogP contribution in [0.2, 0.25) is 0 Å². The molecule has 0 spiro atoms. The van der Waals surface area contributed by atoms with E-state index in [-0.39, 0.29) is 5.92 Å². The van der Waals surface area contributed by atoms with Crippen molar-refractivity contribution in [3.63, 3.8) is 0 Å². The van der Waals surface area contributed by atoms with Crippen molar-refractivity contribution in [3.05, 3.63) is 0 Å². The van der Waals surface area contributed by atoms with E-state index in [0.29, 0.717) is 0 Å². The van der Waals surface area contributed by atoms with E-state index in [9.17, 15) is 0 Å². The van der Waals surface area contributed by atoms with Gasteiger partial charge in [-0.2, -0.15) is 0 Å². The van der Waals surface area contributed by atoms with Crippen LogP contribution in [-0.2, 0) is 0 Å². The normalized spacial score (nSPS) is 30.5. The van der Waals surface area contributed by atoms with Crippen molar-refractivity contribution in [2.24, 2.45) is 11.3 Å². The van der Waals surface area contributed by atoms with Gasteiger partial charge in [0.15, 0.2) is 8.67 Å². The molecule has 0 unspecified atom stereocenters. The van der Waals surface area contributed by atoms with Crippen LogP contribution in [0, 0.1) is 11.3 Å². The Morgan fingerprint density at radius 3 is 1.18 bits per heavy atom. The van der Waals surface area contributed by atoms with Crippen molar-refractivity contribution < 1.29 is 0 Å².